The van der Waals surface area contributed by atoms with Crippen LogP contribution >= 0.6 is 0 Å². The highest BCUT2D eigenvalue weighted by Gasteiger charge is 2.44. The van der Waals surface area contributed by atoms with Crippen molar-refractivity contribution in [2.45, 2.75) is 210 Å². The first-order valence-corrected chi connectivity index (χ1v) is 31.1. The van der Waals surface area contributed by atoms with Gasteiger partial charge in [0.2, 0.25) is 53.2 Å². The third-order valence-corrected chi connectivity index (χ3v) is 16.8. The first-order chi connectivity index (χ1) is 41.7. The van der Waals surface area contributed by atoms with E-state index in [4.69, 9.17) is 17.2 Å². The zero-order valence-corrected chi connectivity index (χ0v) is 50.6. The van der Waals surface area contributed by atoms with Crippen LogP contribution in [0.2, 0.25) is 0 Å². The van der Waals surface area contributed by atoms with Gasteiger partial charge >= 0.3 is 5.97 Å². The second-order valence-electron chi connectivity index (χ2n) is 24.0. The summed E-state index contributed by atoms with van der Waals surface area (Å²) in [4.78, 5) is 156. The SMILES string of the molecule is CCCC[C@H](N)C(=O)N1CCC[C@H]1C(=O)N[C@@H](CC(C)C)C(=O)N[C@@H](Cc1cnc[nH]1)C(=O)N[C@@H](CO)C(=O)N[C@@H](CCCN=C(N)N)C(=O)N[C@@H](CC1CCCCC1)C(=O)N1CCC[C@H]1C(=O)N[C@@H](Cc1ccccc1)C(=O)N1CCC[C@H]1C(=O)O. The lowest BCUT2D eigenvalue weighted by Crippen LogP contribution is -2.61. The van der Waals surface area contributed by atoms with Crippen LogP contribution in [0.15, 0.2) is 47.8 Å². The highest BCUT2D eigenvalue weighted by Crippen LogP contribution is 2.30. The molecule has 1 aliphatic carbocycles. The van der Waals surface area contributed by atoms with Gasteiger partial charge in [-0.1, -0.05) is 96.0 Å². The lowest BCUT2D eigenvalue weighted by molar-refractivity contribution is -0.149. The average Bonchev–Trinajstić information content (AvgIpc) is 2.58. The number of nitrogens with one attached hydrogen (secondary N) is 7. The molecule has 9 amide bonds. The molecule has 2 aromatic rings. The molecule has 0 unspecified atom stereocenters. The fourth-order valence-electron chi connectivity index (χ4n) is 12.2. The van der Waals surface area contributed by atoms with Gasteiger partial charge < -0.3 is 79.0 Å². The number of nitrogens with zero attached hydrogens (tertiary/aromatic N) is 5. The minimum absolute atomic E-state index is 0.0160. The largest absolute Gasteiger partial charge is 0.480 e. The van der Waals surface area contributed by atoms with E-state index in [1.54, 1.807) is 24.3 Å². The van der Waals surface area contributed by atoms with Crippen LogP contribution in [0, 0.1) is 11.8 Å². The van der Waals surface area contributed by atoms with Crippen LogP contribution in [0.3, 0.4) is 0 Å². The van der Waals surface area contributed by atoms with Crippen LogP contribution in [-0.2, 0) is 60.8 Å². The van der Waals surface area contributed by atoms with Crippen molar-refractivity contribution in [3.05, 3.63) is 54.1 Å². The Bertz CT molecular complexity index is 2670. The number of benzene rings is 1. The molecule has 1 saturated carbocycles. The summed E-state index contributed by atoms with van der Waals surface area (Å²) in [5.74, 6) is -7.49. The molecule has 1 aromatic heterocycles. The number of hydrogen-bond acceptors (Lipinski definition) is 14. The first-order valence-electron chi connectivity index (χ1n) is 31.1. The van der Waals surface area contributed by atoms with Gasteiger partial charge in [-0.2, -0.15) is 0 Å². The number of aliphatic carboxylic acids is 1. The third kappa shape index (κ3) is 20.2. The van der Waals surface area contributed by atoms with Gasteiger partial charge in [-0.25, -0.2) is 9.78 Å². The molecule has 27 heteroatoms. The number of amides is 9. The Kier molecular flexibility index (Phi) is 26.8. The molecule has 4 heterocycles. The van der Waals surface area contributed by atoms with Crippen molar-refractivity contribution in [2.75, 3.05) is 32.8 Å². The standard InChI is InChI=1S/C60H93N15O12/c1-4-5-20-40(61)56(83)73-26-13-22-47(73)54(81)69-42(29-36(2)3)51(78)68-43(32-39-33-64-35-66-39)52(79)72-46(34-76)53(80)67-41(21-12-25-65-60(62)63)50(77)70-44(30-37-16-8-6-9-17-37)57(84)74-27-14-23-48(74)55(82)71-45(31-38-18-10-7-11-19-38)58(85)75-28-15-24-49(75)59(86)87/h7,10-11,18-19,33,35-37,40-49,76H,4-6,8-9,12-17,20-32,34,61H2,1-3H3,(H,64,66)(H,67,80)(H,68,78)(H,69,81)(H,70,77)(H,71,82)(H,72,79)(H,86,87)(H4,62,63,65)/t40-,41-,42-,43-,44-,45-,46-,47-,48-,49-/m0/s1. The number of likely N-dealkylation sites (tertiary alicyclic amines) is 3. The molecule has 4 aliphatic rings. The summed E-state index contributed by atoms with van der Waals surface area (Å²) in [7, 11) is 0. The van der Waals surface area contributed by atoms with E-state index in [-0.39, 0.29) is 94.7 Å². The van der Waals surface area contributed by atoms with Gasteiger partial charge in [0.15, 0.2) is 5.96 Å². The highest BCUT2D eigenvalue weighted by atomic mass is 16.4. The fraction of sp³-hybridized carbons (Fsp3) is 0.667. The van der Waals surface area contributed by atoms with Crippen molar-refractivity contribution in [3.63, 3.8) is 0 Å². The van der Waals surface area contributed by atoms with Crippen molar-refractivity contribution in [1.29, 1.82) is 0 Å². The molecule has 1 aromatic carbocycles. The van der Waals surface area contributed by atoms with Crippen molar-refractivity contribution in [2.24, 2.45) is 34.0 Å². The minimum atomic E-state index is -1.70. The van der Waals surface area contributed by atoms with Crippen molar-refractivity contribution >= 4 is 65.1 Å². The number of carboxylic acid groups (broad SMARTS) is 1. The molecule has 15 N–H and O–H groups in total. The maximum atomic E-state index is 15.0. The number of aliphatic hydroxyl groups excluding tert-OH is 1. The van der Waals surface area contributed by atoms with Gasteiger partial charge in [0.1, 0.15) is 54.4 Å². The number of guanidine groups is 1. The smallest absolute Gasteiger partial charge is 0.326 e. The van der Waals surface area contributed by atoms with E-state index in [1.807, 2.05) is 26.8 Å². The molecular formula is C60H93N15O12. The van der Waals surface area contributed by atoms with Crippen LogP contribution in [-0.4, -0.2) is 193 Å². The molecule has 4 fully saturated rings. The quantitative estimate of drug-likeness (QED) is 0.0255. The molecule has 0 radical (unpaired) electrons. The van der Waals surface area contributed by atoms with Crippen molar-refractivity contribution < 1.29 is 58.2 Å². The number of carboxylic acids is 1. The Labute approximate surface area is 508 Å². The Morgan fingerprint density at radius 1 is 0.632 bits per heavy atom. The number of carbonyl (C=O) groups excluding carboxylic acids is 9. The molecule has 3 aliphatic heterocycles. The number of imidazole rings is 1. The summed E-state index contributed by atoms with van der Waals surface area (Å²) in [5, 5.41) is 37.1. The summed E-state index contributed by atoms with van der Waals surface area (Å²) >= 11 is 0. The molecule has 0 spiro atoms. The maximum absolute atomic E-state index is 15.0. The summed E-state index contributed by atoms with van der Waals surface area (Å²) in [6.07, 6.45) is 11.9. The van der Waals surface area contributed by atoms with E-state index in [1.165, 1.54) is 27.2 Å². The molecule has 3 saturated heterocycles. The molecule has 480 valence electrons. The van der Waals surface area contributed by atoms with Crippen LogP contribution in [0.1, 0.15) is 148 Å². The fourth-order valence-corrected chi connectivity index (χ4v) is 12.2. The van der Waals surface area contributed by atoms with E-state index in [9.17, 15) is 53.4 Å². The Balaban J connectivity index is 1.19. The lowest BCUT2D eigenvalue weighted by Gasteiger charge is -2.33. The van der Waals surface area contributed by atoms with Gasteiger partial charge in [-0.3, -0.25) is 48.1 Å². The summed E-state index contributed by atoms with van der Waals surface area (Å²) in [6, 6.07) is -2.78. The molecule has 87 heavy (non-hydrogen) atoms. The average molecular weight is 1220 g/mol. The Morgan fingerprint density at radius 3 is 1.76 bits per heavy atom. The normalized spacial score (nSPS) is 20.3. The number of aliphatic imine (C=N–C) groups is 1. The van der Waals surface area contributed by atoms with Gasteiger partial charge in [0.25, 0.3) is 0 Å². The van der Waals surface area contributed by atoms with Gasteiger partial charge in [0.05, 0.1) is 19.0 Å². The van der Waals surface area contributed by atoms with Crippen molar-refractivity contribution in [3.8, 4) is 0 Å². The van der Waals surface area contributed by atoms with E-state index >= 15 is 4.79 Å². The second kappa shape index (κ2) is 34.0. The zero-order chi connectivity index (χ0) is 63.2. The molecular weight excluding hydrogens is 1120 g/mol. The second-order valence-corrected chi connectivity index (χ2v) is 24.0. The summed E-state index contributed by atoms with van der Waals surface area (Å²) in [5.41, 5.74) is 18.6. The molecule has 6 rings (SSSR count). The van der Waals surface area contributed by atoms with Gasteiger partial charge in [0, 0.05) is 50.9 Å². The lowest BCUT2D eigenvalue weighted by atomic mass is 9.84. The van der Waals surface area contributed by atoms with E-state index in [2.05, 4.69) is 46.9 Å². The number of aromatic nitrogens is 2. The Hall–Kier alpha value is -7.68. The van der Waals surface area contributed by atoms with Gasteiger partial charge in [-0.05, 0) is 88.0 Å². The number of nitrogens with two attached hydrogens (primary N) is 3. The molecule has 10 atom stereocenters. The van der Waals surface area contributed by atoms with Crippen molar-refractivity contribution in [1.82, 2.24) is 56.6 Å². The topological polar surface area (TPSA) is 412 Å². The zero-order valence-electron chi connectivity index (χ0n) is 50.6. The minimum Gasteiger partial charge on any atom is -0.480 e. The molecule has 0 bridgehead atoms. The van der Waals surface area contributed by atoms with Crippen LogP contribution < -0.4 is 49.1 Å². The third-order valence-electron chi connectivity index (χ3n) is 16.8. The number of H-pyrrole nitrogens is 1. The Morgan fingerprint density at radius 2 is 1.17 bits per heavy atom. The van der Waals surface area contributed by atoms with Crippen LogP contribution in [0.25, 0.3) is 0 Å². The number of aromatic amines is 1. The summed E-state index contributed by atoms with van der Waals surface area (Å²) in [6.45, 7) is 5.45. The number of carbonyl (C=O) groups is 10. The van der Waals surface area contributed by atoms with Crippen LogP contribution in [0.5, 0.6) is 0 Å². The first kappa shape index (κ1) is 68.4. The highest BCUT2D eigenvalue weighted by molar-refractivity contribution is 5.99. The van der Waals surface area contributed by atoms with Gasteiger partial charge in [-0.15, -0.1) is 0 Å². The van der Waals surface area contributed by atoms with E-state index in [0.717, 1.165) is 50.5 Å². The van der Waals surface area contributed by atoms with E-state index < -0.39 is 120 Å². The number of unbranched alkanes of at least 4 members (excludes halogenated alkanes) is 1. The number of rotatable bonds is 32. The molecule has 27 nitrogen and oxygen atoms in total. The summed E-state index contributed by atoms with van der Waals surface area (Å²) < 4.78 is 0. The monoisotopic (exact) mass is 1220 g/mol. The maximum Gasteiger partial charge on any atom is 0.326 e. The number of hydrogen-bond donors (Lipinski definition) is 12. The van der Waals surface area contributed by atoms with Crippen LogP contribution in [0.4, 0.5) is 0 Å². The number of aliphatic hydroxyl groups is 1. The van der Waals surface area contributed by atoms with E-state index in [0.29, 0.717) is 44.3 Å². The predicted molar refractivity (Wildman–Crippen MR) is 321 cm³/mol. The predicted octanol–water partition coefficient (Wildman–Crippen LogP) is -0.259.